The maximum atomic E-state index is 14.1. The summed E-state index contributed by atoms with van der Waals surface area (Å²) in [6, 6.07) is 4.40. The second-order valence-corrected chi connectivity index (χ2v) is 10.5. The molecule has 0 unspecified atom stereocenters. The summed E-state index contributed by atoms with van der Waals surface area (Å²) in [6.45, 7) is 3.67. The van der Waals surface area contributed by atoms with Gasteiger partial charge in [0.25, 0.3) is 10.2 Å². The molecular weight excluding hydrogens is 401 g/mol. The topological polar surface area (TPSA) is 43.9 Å². The van der Waals surface area contributed by atoms with Crippen molar-refractivity contribution in [2.75, 3.05) is 39.8 Å². The van der Waals surface area contributed by atoms with E-state index in [0.717, 1.165) is 32.0 Å². The minimum absolute atomic E-state index is 0.0733. The lowest BCUT2D eigenvalue weighted by atomic mass is 9.89. The van der Waals surface area contributed by atoms with Gasteiger partial charge >= 0.3 is 0 Å². The van der Waals surface area contributed by atoms with Crippen molar-refractivity contribution in [1.82, 2.24) is 13.5 Å². The van der Waals surface area contributed by atoms with E-state index in [-0.39, 0.29) is 17.1 Å². The number of hydrogen-bond acceptors (Lipinski definition) is 3. The number of halogens is 2. The molecule has 1 aliphatic carbocycles. The fourth-order valence-corrected chi connectivity index (χ4v) is 5.86. The molecule has 0 aromatic heterocycles. The summed E-state index contributed by atoms with van der Waals surface area (Å²) >= 11 is 6.07. The summed E-state index contributed by atoms with van der Waals surface area (Å²) in [5.41, 5.74) is 0.212. The van der Waals surface area contributed by atoms with Crippen molar-refractivity contribution in [3.8, 4) is 0 Å². The van der Waals surface area contributed by atoms with Crippen LogP contribution in [-0.2, 0) is 16.8 Å². The predicted molar refractivity (Wildman–Crippen MR) is 111 cm³/mol. The van der Waals surface area contributed by atoms with E-state index in [1.165, 1.54) is 59.9 Å². The van der Waals surface area contributed by atoms with Crippen molar-refractivity contribution in [3.05, 3.63) is 34.6 Å². The standard InChI is InChI=1S/C20H31ClFN3O2S/c1-23(16-18-19(21)9-5-10-20(18)22)28(26,27)25-12-6-11-24(13-14-25)15-17-7-3-2-4-8-17/h5,9-10,17H,2-4,6-8,11-16H2,1H3. The van der Waals surface area contributed by atoms with Gasteiger partial charge in [-0.05, 0) is 43.9 Å². The van der Waals surface area contributed by atoms with Crippen molar-refractivity contribution in [1.29, 1.82) is 0 Å². The minimum Gasteiger partial charge on any atom is -0.302 e. The lowest BCUT2D eigenvalue weighted by molar-refractivity contribution is 0.208. The highest BCUT2D eigenvalue weighted by Gasteiger charge is 2.30. The van der Waals surface area contributed by atoms with Gasteiger partial charge < -0.3 is 4.90 Å². The Kier molecular flexibility index (Phi) is 7.73. The molecule has 0 amide bonds. The first kappa shape index (κ1) is 22.0. The molecule has 1 saturated heterocycles. The Bertz CT molecular complexity index is 736. The zero-order valence-electron chi connectivity index (χ0n) is 16.6. The summed E-state index contributed by atoms with van der Waals surface area (Å²) in [5.74, 6) is 0.270. The van der Waals surface area contributed by atoms with Gasteiger partial charge in [0.05, 0.1) is 0 Å². The third-order valence-electron chi connectivity index (χ3n) is 5.95. The second kappa shape index (κ2) is 9.85. The van der Waals surface area contributed by atoms with Crippen LogP contribution in [0.2, 0.25) is 5.02 Å². The first-order valence-electron chi connectivity index (χ1n) is 10.2. The largest absolute Gasteiger partial charge is 0.302 e. The highest BCUT2D eigenvalue weighted by Crippen LogP contribution is 2.26. The first-order chi connectivity index (χ1) is 13.4. The normalized spacial score (nSPS) is 21.1. The zero-order valence-corrected chi connectivity index (χ0v) is 18.2. The van der Waals surface area contributed by atoms with Crippen molar-refractivity contribution >= 4 is 21.8 Å². The van der Waals surface area contributed by atoms with Crippen LogP contribution in [0.4, 0.5) is 4.39 Å². The van der Waals surface area contributed by atoms with Gasteiger partial charge in [0, 0.05) is 50.4 Å². The molecule has 1 saturated carbocycles. The van der Waals surface area contributed by atoms with E-state index in [0.29, 0.717) is 13.1 Å². The molecule has 3 rings (SSSR count). The van der Waals surface area contributed by atoms with Crippen LogP contribution in [0.3, 0.4) is 0 Å². The molecule has 1 aromatic carbocycles. The molecule has 28 heavy (non-hydrogen) atoms. The van der Waals surface area contributed by atoms with Crippen molar-refractivity contribution in [3.63, 3.8) is 0 Å². The van der Waals surface area contributed by atoms with Crippen molar-refractivity contribution < 1.29 is 12.8 Å². The van der Waals surface area contributed by atoms with Gasteiger partial charge in [-0.1, -0.05) is 36.9 Å². The Morgan fingerprint density at radius 2 is 1.86 bits per heavy atom. The smallest absolute Gasteiger partial charge is 0.282 e. The van der Waals surface area contributed by atoms with Crippen LogP contribution in [0.1, 0.15) is 44.1 Å². The van der Waals surface area contributed by atoms with Gasteiger partial charge in [-0.25, -0.2) is 4.39 Å². The predicted octanol–water partition coefficient (Wildman–Crippen LogP) is 3.74. The molecule has 0 atom stereocenters. The van der Waals surface area contributed by atoms with Gasteiger partial charge in [0.15, 0.2) is 0 Å². The Balaban J connectivity index is 1.60. The third kappa shape index (κ3) is 5.45. The van der Waals surface area contributed by atoms with Crippen LogP contribution in [0.25, 0.3) is 0 Å². The van der Waals surface area contributed by atoms with E-state index >= 15 is 0 Å². The molecule has 0 spiro atoms. The maximum Gasteiger partial charge on any atom is 0.282 e. The number of nitrogens with zero attached hydrogens (tertiary/aromatic N) is 3. The molecule has 2 aliphatic rings. The molecule has 8 heteroatoms. The van der Waals surface area contributed by atoms with E-state index in [2.05, 4.69) is 4.90 Å². The lowest BCUT2D eigenvalue weighted by Crippen LogP contribution is -2.43. The second-order valence-electron chi connectivity index (χ2n) is 8.02. The van der Waals surface area contributed by atoms with E-state index in [9.17, 15) is 12.8 Å². The zero-order chi connectivity index (χ0) is 20.1. The molecule has 2 fully saturated rings. The fourth-order valence-electron chi connectivity index (χ4n) is 4.28. The van der Waals surface area contributed by atoms with Gasteiger partial charge in [0.1, 0.15) is 5.82 Å². The Labute approximate surface area is 173 Å². The molecule has 5 nitrogen and oxygen atoms in total. The molecule has 0 radical (unpaired) electrons. The SMILES string of the molecule is CN(Cc1c(F)cccc1Cl)S(=O)(=O)N1CCCN(CC2CCCCC2)CC1. The summed E-state index contributed by atoms with van der Waals surface area (Å²) < 4.78 is 42.8. The van der Waals surface area contributed by atoms with E-state index in [1.807, 2.05) is 0 Å². The van der Waals surface area contributed by atoms with E-state index in [4.69, 9.17) is 11.6 Å². The number of rotatable bonds is 6. The van der Waals surface area contributed by atoms with Gasteiger partial charge in [-0.2, -0.15) is 17.0 Å². The molecule has 1 heterocycles. The average molecular weight is 432 g/mol. The number of hydrogen-bond donors (Lipinski definition) is 0. The fraction of sp³-hybridized carbons (Fsp3) is 0.700. The van der Waals surface area contributed by atoms with Crippen LogP contribution in [-0.4, -0.2) is 61.7 Å². The van der Waals surface area contributed by atoms with Crippen LogP contribution >= 0.6 is 11.6 Å². The average Bonchev–Trinajstić information content (AvgIpc) is 2.91. The number of benzene rings is 1. The quantitative estimate of drug-likeness (QED) is 0.689. The van der Waals surface area contributed by atoms with Crippen LogP contribution in [0.15, 0.2) is 18.2 Å². The van der Waals surface area contributed by atoms with Crippen molar-refractivity contribution in [2.45, 2.75) is 45.1 Å². The van der Waals surface area contributed by atoms with Crippen LogP contribution in [0, 0.1) is 11.7 Å². The van der Waals surface area contributed by atoms with Crippen LogP contribution < -0.4 is 0 Å². The van der Waals surface area contributed by atoms with E-state index < -0.39 is 16.0 Å². The third-order valence-corrected chi connectivity index (χ3v) is 8.24. The Hall–Kier alpha value is -0.730. The monoisotopic (exact) mass is 431 g/mol. The van der Waals surface area contributed by atoms with E-state index in [1.54, 1.807) is 6.07 Å². The van der Waals surface area contributed by atoms with Gasteiger partial charge in [-0.3, -0.25) is 0 Å². The molecule has 158 valence electrons. The Morgan fingerprint density at radius 3 is 2.57 bits per heavy atom. The molecule has 1 aromatic rings. The van der Waals surface area contributed by atoms with Crippen molar-refractivity contribution in [2.24, 2.45) is 5.92 Å². The lowest BCUT2D eigenvalue weighted by Gasteiger charge is -2.29. The van der Waals surface area contributed by atoms with Crippen LogP contribution in [0.5, 0.6) is 0 Å². The molecular formula is C20H31ClFN3O2S. The molecule has 0 bridgehead atoms. The van der Waals surface area contributed by atoms with Gasteiger partial charge in [-0.15, -0.1) is 0 Å². The Morgan fingerprint density at radius 1 is 1.11 bits per heavy atom. The summed E-state index contributed by atoms with van der Waals surface area (Å²) in [6.07, 6.45) is 7.40. The summed E-state index contributed by atoms with van der Waals surface area (Å²) in [5, 5.41) is 0.247. The maximum absolute atomic E-state index is 14.1. The summed E-state index contributed by atoms with van der Waals surface area (Å²) in [4.78, 5) is 2.42. The minimum atomic E-state index is -3.66. The highest BCUT2D eigenvalue weighted by atomic mass is 35.5. The highest BCUT2D eigenvalue weighted by molar-refractivity contribution is 7.86. The van der Waals surface area contributed by atoms with Gasteiger partial charge in [0.2, 0.25) is 0 Å². The summed E-state index contributed by atoms with van der Waals surface area (Å²) in [7, 11) is -2.17. The molecule has 1 aliphatic heterocycles. The first-order valence-corrected chi connectivity index (χ1v) is 12.0. The molecule has 0 N–H and O–H groups in total.